The molecule has 0 radical (unpaired) electrons. The van der Waals surface area contributed by atoms with Crippen molar-refractivity contribution in [3.63, 3.8) is 0 Å². The Hall–Kier alpha value is -2.63. The average Bonchev–Trinajstić information content (AvgIpc) is 2.57. The Balaban J connectivity index is 2.46. The van der Waals surface area contributed by atoms with Crippen LogP contribution in [0, 0.1) is 6.92 Å². The summed E-state index contributed by atoms with van der Waals surface area (Å²) < 4.78 is 12.5. The summed E-state index contributed by atoms with van der Waals surface area (Å²) in [5.41, 5.74) is 4.14. The van der Waals surface area contributed by atoms with Gasteiger partial charge in [0.1, 0.15) is 0 Å². The lowest BCUT2D eigenvalue weighted by molar-refractivity contribution is 0.0827. The van der Waals surface area contributed by atoms with Gasteiger partial charge in [-0.25, -0.2) is 0 Å². The molecule has 0 saturated heterocycles. The zero-order valence-electron chi connectivity index (χ0n) is 14.4. The van der Waals surface area contributed by atoms with Crippen LogP contribution in [0.3, 0.4) is 0 Å². The first-order chi connectivity index (χ1) is 11.4. The maximum Gasteiger partial charge on any atom is 0.255 e. The summed E-state index contributed by atoms with van der Waals surface area (Å²) >= 11 is 0. The van der Waals surface area contributed by atoms with Crippen LogP contribution in [-0.4, -0.2) is 47.3 Å². The number of alkyl halides is 1. The molecule has 2 rings (SSSR count). The van der Waals surface area contributed by atoms with Crippen LogP contribution < -0.4 is 0 Å². The van der Waals surface area contributed by atoms with Crippen molar-refractivity contribution in [3.8, 4) is 0 Å². The van der Waals surface area contributed by atoms with Crippen LogP contribution in [0.25, 0.3) is 0 Å². The van der Waals surface area contributed by atoms with E-state index in [1.165, 1.54) is 4.90 Å². The highest BCUT2D eigenvalue weighted by Gasteiger charge is 2.15. The van der Waals surface area contributed by atoms with Crippen LogP contribution in [-0.2, 0) is 6.42 Å². The van der Waals surface area contributed by atoms with Crippen LogP contribution in [0.15, 0.2) is 35.7 Å². The van der Waals surface area contributed by atoms with E-state index in [0.717, 1.165) is 16.8 Å². The summed E-state index contributed by atoms with van der Waals surface area (Å²) in [5.74, 6) is -0.131. The third-order valence-electron chi connectivity index (χ3n) is 3.64. The number of aliphatic imine (C=N–C) groups is 1. The van der Waals surface area contributed by atoms with Crippen molar-refractivity contribution >= 4 is 17.3 Å². The van der Waals surface area contributed by atoms with E-state index in [1.807, 2.05) is 19.9 Å². The Bertz CT molecular complexity index is 771. The predicted molar refractivity (Wildman–Crippen MR) is 92.8 cm³/mol. The first-order valence-corrected chi connectivity index (χ1v) is 7.67. The molecule has 2 heterocycles. The van der Waals surface area contributed by atoms with E-state index in [9.17, 15) is 9.18 Å². The lowest BCUT2D eigenvalue weighted by atomic mass is 10.1. The highest BCUT2D eigenvalue weighted by molar-refractivity contribution is 6.09. The van der Waals surface area contributed by atoms with Crippen LogP contribution in [0.4, 0.5) is 10.1 Å². The first-order valence-electron chi connectivity index (χ1n) is 7.67. The average molecular weight is 328 g/mol. The summed E-state index contributed by atoms with van der Waals surface area (Å²) in [4.78, 5) is 26.7. The minimum absolute atomic E-state index is 0.131. The molecule has 1 amide bonds. The Morgan fingerprint density at radius 3 is 2.71 bits per heavy atom. The van der Waals surface area contributed by atoms with Crippen molar-refractivity contribution in [2.75, 3.05) is 20.8 Å². The minimum Gasteiger partial charge on any atom is -0.345 e. The predicted octanol–water partition coefficient (Wildman–Crippen LogP) is 3.14. The Morgan fingerprint density at radius 1 is 1.29 bits per heavy atom. The van der Waals surface area contributed by atoms with E-state index in [4.69, 9.17) is 0 Å². The van der Waals surface area contributed by atoms with Gasteiger partial charge in [0.25, 0.3) is 5.91 Å². The molecule has 0 fully saturated rings. The molecule has 0 bridgehead atoms. The van der Waals surface area contributed by atoms with E-state index < -0.39 is 6.67 Å². The van der Waals surface area contributed by atoms with Gasteiger partial charge >= 0.3 is 0 Å². The van der Waals surface area contributed by atoms with Crippen LogP contribution in [0.5, 0.6) is 0 Å². The van der Waals surface area contributed by atoms with Gasteiger partial charge in [-0.3, -0.25) is 24.1 Å². The third-order valence-corrected chi connectivity index (χ3v) is 3.64. The van der Waals surface area contributed by atoms with Crippen molar-refractivity contribution in [1.29, 1.82) is 0 Å². The first kappa shape index (κ1) is 17.7. The number of halogens is 1. The molecule has 2 aromatic rings. The molecule has 2 aromatic heterocycles. The fraction of sp³-hybridized carbons (Fsp3) is 0.333. The number of pyridine rings is 2. The fourth-order valence-electron chi connectivity index (χ4n) is 2.28. The highest BCUT2D eigenvalue weighted by Crippen LogP contribution is 2.21. The Labute approximate surface area is 141 Å². The number of hydrogen-bond donors (Lipinski definition) is 0. The molecule has 0 aliphatic carbocycles. The number of aryl methyl sites for hydroxylation is 2. The zero-order valence-corrected chi connectivity index (χ0v) is 14.4. The number of aromatic nitrogens is 2. The number of nitrogens with zero attached hydrogens (tertiary/aromatic N) is 4. The summed E-state index contributed by atoms with van der Waals surface area (Å²) in [5, 5.41) is 0. The summed E-state index contributed by atoms with van der Waals surface area (Å²) in [6.07, 6.45) is 5.15. The van der Waals surface area contributed by atoms with Gasteiger partial charge in [-0.1, -0.05) is 0 Å². The van der Waals surface area contributed by atoms with Crippen molar-refractivity contribution in [1.82, 2.24) is 14.9 Å². The number of amides is 1. The summed E-state index contributed by atoms with van der Waals surface area (Å²) in [6, 6.07) is 3.60. The Morgan fingerprint density at radius 2 is 2.04 bits per heavy atom. The molecule has 0 unspecified atom stereocenters. The van der Waals surface area contributed by atoms with Gasteiger partial charge in [-0.15, -0.1) is 0 Å². The number of rotatable bonds is 5. The standard InChI is InChI=1S/C18H21FN4O/c1-12(15-6-8-20-11-16(15)18(24)23(3)4)22-17-9-14(5-7-19)10-21-13(17)2/h6,8-11H,5,7H2,1-4H3. The van der Waals surface area contributed by atoms with Crippen LogP contribution in [0.1, 0.15) is 34.1 Å². The van der Waals surface area contributed by atoms with Crippen molar-refractivity contribution in [2.45, 2.75) is 20.3 Å². The van der Waals surface area contributed by atoms with Gasteiger partial charge in [-0.2, -0.15) is 0 Å². The zero-order chi connectivity index (χ0) is 17.7. The molecule has 24 heavy (non-hydrogen) atoms. The van der Waals surface area contributed by atoms with E-state index in [-0.39, 0.29) is 5.91 Å². The van der Waals surface area contributed by atoms with Crippen molar-refractivity contribution in [3.05, 3.63) is 53.1 Å². The van der Waals surface area contributed by atoms with Gasteiger partial charge in [0, 0.05) is 50.4 Å². The van der Waals surface area contributed by atoms with E-state index in [2.05, 4.69) is 15.0 Å². The number of hydrogen-bond acceptors (Lipinski definition) is 4. The molecule has 0 aromatic carbocycles. The molecule has 0 aliphatic heterocycles. The lowest BCUT2D eigenvalue weighted by Crippen LogP contribution is -2.24. The van der Waals surface area contributed by atoms with Crippen LogP contribution >= 0.6 is 0 Å². The van der Waals surface area contributed by atoms with Crippen LogP contribution in [0.2, 0.25) is 0 Å². The molecule has 0 spiro atoms. The SMILES string of the molecule is CC(=Nc1cc(CCF)cnc1C)c1ccncc1C(=O)N(C)C. The normalized spacial score (nSPS) is 11.5. The molecule has 0 atom stereocenters. The molecular formula is C18H21FN4O. The number of carbonyl (C=O) groups excluding carboxylic acids is 1. The molecule has 0 aliphatic rings. The van der Waals surface area contributed by atoms with Gasteiger partial charge in [0.2, 0.25) is 0 Å². The van der Waals surface area contributed by atoms with Gasteiger partial charge < -0.3 is 4.90 Å². The molecule has 0 saturated carbocycles. The second-order valence-corrected chi connectivity index (χ2v) is 5.71. The second kappa shape index (κ2) is 7.77. The second-order valence-electron chi connectivity index (χ2n) is 5.71. The minimum atomic E-state index is -0.432. The van der Waals surface area contributed by atoms with Crippen molar-refractivity contribution in [2.24, 2.45) is 4.99 Å². The van der Waals surface area contributed by atoms with E-state index >= 15 is 0 Å². The van der Waals surface area contributed by atoms with Gasteiger partial charge in [-0.05, 0) is 31.5 Å². The molecule has 6 heteroatoms. The number of carbonyl (C=O) groups is 1. The van der Waals surface area contributed by atoms with Crippen molar-refractivity contribution < 1.29 is 9.18 Å². The maximum atomic E-state index is 12.5. The quantitative estimate of drug-likeness (QED) is 0.792. The maximum absolute atomic E-state index is 12.5. The molecule has 0 N–H and O–H groups in total. The third kappa shape index (κ3) is 4.01. The molecular weight excluding hydrogens is 307 g/mol. The fourth-order valence-corrected chi connectivity index (χ4v) is 2.28. The molecule has 126 valence electrons. The summed E-state index contributed by atoms with van der Waals surface area (Å²) in [7, 11) is 3.39. The van der Waals surface area contributed by atoms with E-state index in [0.29, 0.717) is 23.4 Å². The van der Waals surface area contributed by atoms with Gasteiger partial charge in [0.05, 0.1) is 23.6 Å². The van der Waals surface area contributed by atoms with E-state index in [1.54, 1.807) is 38.8 Å². The monoisotopic (exact) mass is 328 g/mol. The molecule has 5 nitrogen and oxygen atoms in total. The topological polar surface area (TPSA) is 58.5 Å². The largest absolute Gasteiger partial charge is 0.345 e. The smallest absolute Gasteiger partial charge is 0.255 e. The Kier molecular flexibility index (Phi) is 5.73. The highest BCUT2D eigenvalue weighted by atomic mass is 19.1. The summed E-state index contributed by atoms with van der Waals surface area (Å²) in [6.45, 7) is 3.26. The van der Waals surface area contributed by atoms with Gasteiger partial charge in [0.15, 0.2) is 0 Å². The lowest BCUT2D eigenvalue weighted by Gasteiger charge is -2.13.